The van der Waals surface area contributed by atoms with Crippen LogP contribution in [0, 0.1) is 5.92 Å². The molecule has 1 rings (SSSR count). The number of hydrogen-bond acceptors (Lipinski definition) is 2. The van der Waals surface area contributed by atoms with Crippen molar-refractivity contribution in [3.8, 4) is 0 Å². The molecule has 0 aromatic rings. The summed E-state index contributed by atoms with van der Waals surface area (Å²) in [5.41, 5.74) is 0. The molecule has 1 aliphatic rings. The van der Waals surface area contributed by atoms with Crippen molar-refractivity contribution in [2.24, 2.45) is 5.92 Å². The highest BCUT2D eigenvalue weighted by Gasteiger charge is 2.16. The third kappa shape index (κ3) is 3.84. The Kier molecular flexibility index (Phi) is 4.04. The molecule has 0 aliphatic heterocycles. The molecule has 1 unspecified atom stereocenters. The van der Waals surface area contributed by atoms with Gasteiger partial charge in [0.1, 0.15) is 0 Å². The van der Waals surface area contributed by atoms with Crippen molar-refractivity contribution in [1.82, 2.24) is 0 Å². The summed E-state index contributed by atoms with van der Waals surface area (Å²) in [7, 11) is 0. The van der Waals surface area contributed by atoms with Gasteiger partial charge in [-0.15, -0.1) is 0 Å². The summed E-state index contributed by atoms with van der Waals surface area (Å²) in [6.07, 6.45) is 3.85. The van der Waals surface area contributed by atoms with Gasteiger partial charge in [0.2, 0.25) is 0 Å². The molecule has 0 amide bonds. The quantitative estimate of drug-likeness (QED) is 0.505. The zero-order valence-electron chi connectivity index (χ0n) is 6.49. The molecule has 0 aromatic carbocycles. The maximum absolute atomic E-state index is 10.2. The van der Waals surface area contributed by atoms with Crippen molar-refractivity contribution in [3.05, 3.63) is 0 Å². The first-order chi connectivity index (χ1) is 5.29. The predicted octanol–water partition coefficient (Wildman–Crippen LogP) is 1.02. The molecule has 0 aromatic heterocycles. The Hall–Kier alpha value is 0.0700. The summed E-state index contributed by atoms with van der Waals surface area (Å²) in [5.74, 6) is 0.967. The van der Waals surface area contributed by atoms with E-state index in [1.54, 1.807) is 0 Å². The fourth-order valence-electron chi connectivity index (χ4n) is 1.04. The van der Waals surface area contributed by atoms with E-state index in [2.05, 4.69) is 0 Å². The first-order valence-electron chi connectivity index (χ1n) is 3.94. The lowest BCUT2D eigenvalue weighted by Crippen LogP contribution is -2.19. The lowest BCUT2D eigenvalue weighted by molar-refractivity contribution is 0.0798. The van der Waals surface area contributed by atoms with Crippen molar-refractivity contribution in [3.63, 3.8) is 0 Å². The van der Waals surface area contributed by atoms with Gasteiger partial charge < -0.3 is 9.29 Å². The molecular weight excluding hydrogens is 164 g/mol. The van der Waals surface area contributed by atoms with E-state index in [9.17, 15) is 4.21 Å². The number of ether oxygens (including phenoxy) is 1. The first-order valence-corrected chi connectivity index (χ1v) is 5.22. The van der Waals surface area contributed by atoms with Gasteiger partial charge in [-0.1, -0.05) is 6.42 Å². The highest BCUT2D eigenvalue weighted by atomic mass is 32.2. The highest BCUT2D eigenvalue weighted by Crippen LogP contribution is 2.26. The van der Waals surface area contributed by atoms with E-state index in [0.717, 1.165) is 12.5 Å². The molecule has 1 saturated carbocycles. The van der Waals surface area contributed by atoms with Gasteiger partial charge in [-0.25, -0.2) is 4.21 Å². The minimum atomic E-state index is -1.69. The minimum absolute atomic E-state index is 0.243. The summed E-state index contributed by atoms with van der Waals surface area (Å²) < 4.78 is 23.7. The first kappa shape index (κ1) is 9.16. The minimum Gasteiger partial charge on any atom is -0.380 e. The van der Waals surface area contributed by atoms with Crippen LogP contribution in [0.2, 0.25) is 0 Å². The van der Waals surface area contributed by atoms with E-state index in [4.69, 9.17) is 9.29 Å². The average molecular weight is 178 g/mol. The molecule has 1 aliphatic carbocycles. The van der Waals surface area contributed by atoms with Crippen LogP contribution in [0.1, 0.15) is 19.3 Å². The van der Waals surface area contributed by atoms with Crippen LogP contribution in [0.25, 0.3) is 0 Å². The maximum atomic E-state index is 10.2. The Balaban J connectivity index is 1.83. The third-order valence-electron chi connectivity index (χ3n) is 1.98. The van der Waals surface area contributed by atoms with Gasteiger partial charge in [0.25, 0.3) is 0 Å². The van der Waals surface area contributed by atoms with Crippen LogP contribution in [-0.4, -0.2) is 27.7 Å². The molecule has 0 radical (unpaired) electrons. The monoisotopic (exact) mass is 178 g/mol. The normalized spacial score (nSPS) is 21.2. The standard InChI is InChI=1S/C7H14O3S/c8-11(9)5-4-10-6-7-2-1-3-7/h7H,1-6H2,(H,8,9). The predicted molar refractivity (Wildman–Crippen MR) is 43.8 cm³/mol. The third-order valence-corrected chi connectivity index (χ3v) is 2.50. The van der Waals surface area contributed by atoms with Crippen LogP contribution >= 0.6 is 0 Å². The Morgan fingerprint density at radius 1 is 1.55 bits per heavy atom. The van der Waals surface area contributed by atoms with Gasteiger partial charge >= 0.3 is 0 Å². The summed E-state index contributed by atoms with van der Waals surface area (Å²) in [6, 6.07) is 0. The fraction of sp³-hybridized carbons (Fsp3) is 1.00. The molecule has 11 heavy (non-hydrogen) atoms. The summed E-state index contributed by atoms with van der Waals surface area (Å²) in [4.78, 5) is 0. The SMILES string of the molecule is O=S(O)CCOCC1CCC1. The van der Waals surface area contributed by atoms with Crippen LogP contribution in [-0.2, 0) is 15.8 Å². The van der Waals surface area contributed by atoms with Crippen LogP contribution in [0.3, 0.4) is 0 Å². The molecule has 0 spiro atoms. The van der Waals surface area contributed by atoms with Gasteiger partial charge in [-0.3, -0.25) is 0 Å². The Bertz CT molecular complexity index is 134. The molecule has 3 nitrogen and oxygen atoms in total. The highest BCUT2D eigenvalue weighted by molar-refractivity contribution is 7.79. The van der Waals surface area contributed by atoms with Crippen molar-refractivity contribution in [2.75, 3.05) is 19.0 Å². The van der Waals surface area contributed by atoms with Crippen molar-refractivity contribution >= 4 is 11.1 Å². The smallest absolute Gasteiger partial charge is 0.155 e. The van der Waals surface area contributed by atoms with E-state index in [1.165, 1.54) is 19.3 Å². The zero-order chi connectivity index (χ0) is 8.10. The maximum Gasteiger partial charge on any atom is 0.155 e. The lowest BCUT2D eigenvalue weighted by atomic mass is 9.86. The second-order valence-electron chi connectivity index (χ2n) is 2.90. The molecule has 66 valence electrons. The molecule has 0 bridgehead atoms. The molecule has 0 saturated heterocycles. The van der Waals surface area contributed by atoms with Crippen LogP contribution in [0.15, 0.2) is 0 Å². The van der Waals surface area contributed by atoms with Gasteiger partial charge in [0.05, 0.1) is 12.4 Å². The van der Waals surface area contributed by atoms with E-state index in [-0.39, 0.29) is 5.75 Å². The van der Waals surface area contributed by atoms with E-state index in [0.29, 0.717) is 6.61 Å². The molecule has 4 heteroatoms. The lowest BCUT2D eigenvalue weighted by Gasteiger charge is -2.24. The van der Waals surface area contributed by atoms with Crippen molar-refractivity contribution in [2.45, 2.75) is 19.3 Å². The topological polar surface area (TPSA) is 46.5 Å². The summed E-state index contributed by atoms with van der Waals surface area (Å²) in [5, 5.41) is 0. The van der Waals surface area contributed by atoms with Crippen LogP contribution in [0.4, 0.5) is 0 Å². The second-order valence-corrected chi connectivity index (χ2v) is 3.95. The largest absolute Gasteiger partial charge is 0.380 e. The molecule has 1 atom stereocenters. The zero-order valence-corrected chi connectivity index (χ0v) is 7.31. The average Bonchev–Trinajstić information content (AvgIpc) is 1.82. The number of hydrogen-bond donors (Lipinski definition) is 1. The van der Waals surface area contributed by atoms with Gasteiger partial charge in [-0.2, -0.15) is 0 Å². The summed E-state index contributed by atoms with van der Waals surface area (Å²) >= 11 is -1.69. The molecule has 0 heterocycles. The fourth-order valence-corrected chi connectivity index (χ4v) is 1.30. The molecule has 1 fully saturated rings. The summed E-state index contributed by atoms with van der Waals surface area (Å²) in [6.45, 7) is 1.19. The van der Waals surface area contributed by atoms with E-state index >= 15 is 0 Å². The van der Waals surface area contributed by atoms with E-state index in [1.807, 2.05) is 0 Å². The Morgan fingerprint density at radius 3 is 2.73 bits per heavy atom. The van der Waals surface area contributed by atoms with Crippen molar-refractivity contribution < 1.29 is 13.5 Å². The second kappa shape index (κ2) is 4.85. The van der Waals surface area contributed by atoms with Crippen LogP contribution < -0.4 is 0 Å². The van der Waals surface area contributed by atoms with Gasteiger partial charge in [0, 0.05) is 6.61 Å². The van der Waals surface area contributed by atoms with Gasteiger partial charge in [0.15, 0.2) is 11.1 Å². The Labute approximate surface area is 69.4 Å². The van der Waals surface area contributed by atoms with Gasteiger partial charge in [-0.05, 0) is 18.8 Å². The molecular formula is C7H14O3S. The van der Waals surface area contributed by atoms with Crippen LogP contribution in [0.5, 0.6) is 0 Å². The number of rotatable bonds is 5. The molecule has 1 N–H and O–H groups in total. The van der Waals surface area contributed by atoms with E-state index < -0.39 is 11.1 Å². The van der Waals surface area contributed by atoms with Crippen molar-refractivity contribution in [1.29, 1.82) is 0 Å². The Morgan fingerprint density at radius 2 is 2.27 bits per heavy atom.